The van der Waals surface area contributed by atoms with Crippen LogP contribution in [-0.2, 0) is 0 Å². The van der Waals surface area contributed by atoms with Gasteiger partial charge < -0.3 is 13.9 Å². The van der Waals surface area contributed by atoms with E-state index in [9.17, 15) is 0 Å². The number of hydrogen-bond acceptors (Lipinski definition) is 3. The lowest BCUT2D eigenvalue weighted by molar-refractivity contribution is 0.620. The molecule has 10 rings (SSSR count). The van der Waals surface area contributed by atoms with Gasteiger partial charge in [0.05, 0.1) is 11.0 Å². The van der Waals surface area contributed by atoms with Crippen LogP contribution in [0, 0.1) is 0 Å². The Balaban J connectivity index is 1.04. The summed E-state index contributed by atoms with van der Waals surface area (Å²) in [5.41, 5.74) is 11.7. The summed E-state index contributed by atoms with van der Waals surface area (Å²) in [5, 5.41) is 4.99. The SMILES string of the molecule is c1ccc(N(c2ccc(-c3nc4ccccc4o3)cc2)c2ccc(-n3c4ccccc4c4cc(-c5ccc6ccccc6c5)ccc43)cc2)cc1. The van der Waals surface area contributed by atoms with Crippen LogP contribution >= 0.6 is 0 Å². The monoisotopic (exact) mass is 653 g/mol. The van der Waals surface area contributed by atoms with E-state index in [0.29, 0.717) is 5.89 Å². The third kappa shape index (κ3) is 5.04. The zero-order valence-electron chi connectivity index (χ0n) is 27.6. The van der Waals surface area contributed by atoms with E-state index in [1.807, 2.05) is 24.3 Å². The molecule has 8 aromatic carbocycles. The maximum absolute atomic E-state index is 6.05. The van der Waals surface area contributed by atoms with Gasteiger partial charge in [-0.15, -0.1) is 0 Å². The number of benzene rings is 8. The molecule has 10 aromatic rings. The molecule has 0 fully saturated rings. The summed E-state index contributed by atoms with van der Waals surface area (Å²) in [4.78, 5) is 6.98. The lowest BCUT2D eigenvalue weighted by Gasteiger charge is -2.26. The van der Waals surface area contributed by atoms with E-state index in [1.54, 1.807) is 0 Å². The summed E-state index contributed by atoms with van der Waals surface area (Å²) in [7, 11) is 0. The molecule has 4 nitrogen and oxygen atoms in total. The molecule has 0 saturated carbocycles. The third-order valence-electron chi connectivity index (χ3n) is 9.80. The van der Waals surface area contributed by atoms with Gasteiger partial charge in [-0.1, -0.05) is 91.0 Å². The molecular formula is C47H31N3O. The molecule has 240 valence electrons. The first-order valence-corrected chi connectivity index (χ1v) is 17.2. The van der Waals surface area contributed by atoms with E-state index in [-0.39, 0.29) is 0 Å². The zero-order valence-corrected chi connectivity index (χ0v) is 27.6. The number of oxazole rings is 1. The molecule has 0 N–H and O–H groups in total. The molecule has 0 aliphatic rings. The van der Waals surface area contributed by atoms with Crippen molar-refractivity contribution >= 4 is 60.7 Å². The van der Waals surface area contributed by atoms with Crippen molar-refractivity contribution in [2.75, 3.05) is 4.90 Å². The largest absolute Gasteiger partial charge is 0.436 e. The van der Waals surface area contributed by atoms with Gasteiger partial charge in [0, 0.05) is 39.1 Å². The molecule has 0 atom stereocenters. The molecule has 4 heteroatoms. The van der Waals surface area contributed by atoms with Crippen LogP contribution in [0.15, 0.2) is 192 Å². The summed E-state index contributed by atoms with van der Waals surface area (Å²) >= 11 is 0. The Kier molecular flexibility index (Phi) is 6.78. The Morgan fingerprint density at radius 1 is 0.431 bits per heavy atom. The maximum atomic E-state index is 6.05. The van der Waals surface area contributed by atoms with Crippen molar-refractivity contribution in [1.29, 1.82) is 0 Å². The van der Waals surface area contributed by atoms with E-state index in [0.717, 1.165) is 39.4 Å². The molecule has 0 radical (unpaired) electrons. The summed E-state index contributed by atoms with van der Waals surface area (Å²) in [6, 6.07) is 66.5. The smallest absolute Gasteiger partial charge is 0.227 e. The van der Waals surface area contributed by atoms with E-state index >= 15 is 0 Å². The number of rotatable bonds is 6. The lowest BCUT2D eigenvalue weighted by atomic mass is 9.99. The molecule has 0 bridgehead atoms. The van der Waals surface area contributed by atoms with Gasteiger partial charge in [0.25, 0.3) is 0 Å². The fourth-order valence-electron chi connectivity index (χ4n) is 7.32. The van der Waals surface area contributed by atoms with Crippen molar-refractivity contribution in [2.45, 2.75) is 0 Å². The van der Waals surface area contributed by atoms with Crippen LogP contribution in [-0.4, -0.2) is 9.55 Å². The quantitative estimate of drug-likeness (QED) is 0.179. The molecule has 0 amide bonds. The average molecular weight is 654 g/mol. The molecule has 51 heavy (non-hydrogen) atoms. The minimum atomic E-state index is 0.619. The van der Waals surface area contributed by atoms with Gasteiger partial charge in [-0.3, -0.25) is 0 Å². The van der Waals surface area contributed by atoms with Crippen molar-refractivity contribution < 1.29 is 4.42 Å². The maximum Gasteiger partial charge on any atom is 0.227 e. The molecule has 0 aliphatic heterocycles. The second-order valence-corrected chi connectivity index (χ2v) is 12.9. The van der Waals surface area contributed by atoms with Crippen LogP contribution < -0.4 is 4.90 Å². The highest BCUT2D eigenvalue weighted by Gasteiger charge is 2.17. The molecule has 0 aliphatic carbocycles. The number of para-hydroxylation sites is 4. The normalized spacial score (nSPS) is 11.5. The van der Waals surface area contributed by atoms with E-state index < -0.39 is 0 Å². The molecule has 2 aromatic heterocycles. The standard InChI is InChI=1S/C47H31N3O/c1-2-12-37(13-3-1)49(38-23-20-33(21-24-38)47-48-43-15-7-9-17-46(43)51-47)39-25-27-40(28-26-39)50-44-16-8-6-14-41(44)42-31-36(22-29-45(42)50)35-19-18-32-10-4-5-11-34(32)30-35/h1-31H. The predicted molar refractivity (Wildman–Crippen MR) is 211 cm³/mol. The van der Waals surface area contributed by atoms with E-state index in [2.05, 4.69) is 173 Å². The summed E-state index contributed by atoms with van der Waals surface area (Å²) in [6.07, 6.45) is 0. The van der Waals surface area contributed by atoms with Gasteiger partial charge in [-0.05, 0) is 119 Å². The van der Waals surface area contributed by atoms with Gasteiger partial charge in [0.15, 0.2) is 5.58 Å². The van der Waals surface area contributed by atoms with Gasteiger partial charge >= 0.3 is 0 Å². The Morgan fingerprint density at radius 3 is 1.86 bits per heavy atom. The van der Waals surface area contributed by atoms with Crippen LogP contribution in [0.5, 0.6) is 0 Å². The second kappa shape index (κ2) is 11.9. The third-order valence-corrected chi connectivity index (χ3v) is 9.80. The Bertz CT molecular complexity index is 2820. The Hall–Kier alpha value is -6.91. The summed E-state index contributed by atoms with van der Waals surface area (Å²) in [5.74, 6) is 0.619. The number of aromatic nitrogens is 2. The molecule has 2 heterocycles. The molecule has 0 saturated heterocycles. The van der Waals surface area contributed by atoms with Crippen LogP contribution in [0.3, 0.4) is 0 Å². The molecule has 0 spiro atoms. The minimum absolute atomic E-state index is 0.619. The second-order valence-electron chi connectivity index (χ2n) is 12.9. The fraction of sp³-hybridized carbons (Fsp3) is 0. The van der Waals surface area contributed by atoms with E-state index in [4.69, 9.17) is 9.40 Å². The first-order valence-electron chi connectivity index (χ1n) is 17.2. The summed E-state index contributed by atoms with van der Waals surface area (Å²) in [6.45, 7) is 0. The number of hydrogen-bond donors (Lipinski definition) is 0. The number of nitrogens with zero attached hydrogens (tertiary/aromatic N) is 3. The highest BCUT2D eigenvalue weighted by Crippen LogP contribution is 2.39. The first kappa shape index (κ1) is 29.0. The van der Waals surface area contributed by atoms with Crippen molar-refractivity contribution in [3.8, 4) is 28.3 Å². The minimum Gasteiger partial charge on any atom is -0.436 e. The van der Waals surface area contributed by atoms with Gasteiger partial charge in [0.2, 0.25) is 5.89 Å². The highest BCUT2D eigenvalue weighted by atomic mass is 16.3. The van der Waals surface area contributed by atoms with Gasteiger partial charge in [0.1, 0.15) is 5.52 Å². The zero-order chi connectivity index (χ0) is 33.7. The number of anilines is 3. The number of fused-ring (bicyclic) bond motifs is 5. The Labute approximate surface area is 295 Å². The highest BCUT2D eigenvalue weighted by molar-refractivity contribution is 6.10. The van der Waals surface area contributed by atoms with Crippen molar-refractivity contribution in [3.05, 3.63) is 188 Å². The van der Waals surface area contributed by atoms with Crippen molar-refractivity contribution in [2.24, 2.45) is 0 Å². The fourth-order valence-corrected chi connectivity index (χ4v) is 7.32. The predicted octanol–water partition coefficient (Wildman–Crippen LogP) is 12.9. The topological polar surface area (TPSA) is 34.2 Å². The lowest BCUT2D eigenvalue weighted by Crippen LogP contribution is -2.10. The van der Waals surface area contributed by atoms with E-state index in [1.165, 1.54) is 43.7 Å². The molecular weight excluding hydrogens is 623 g/mol. The average Bonchev–Trinajstić information content (AvgIpc) is 3.78. The Morgan fingerprint density at radius 2 is 1.04 bits per heavy atom. The van der Waals surface area contributed by atoms with Crippen LogP contribution in [0.25, 0.3) is 71.9 Å². The van der Waals surface area contributed by atoms with Crippen LogP contribution in [0.4, 0.5) is 17.1 Å². The molecule has 0 unspecified atom stereocenters. The van der Waals surface area contributed by atoms with Gasteiger partial charge in [-0.25, -0.2) is 4.98 Å². The van der Waals surface area contributed by atoms with Gasteiger partial charge in [-0.2, -0.15) is 0 Å². The van der Waals surface area contributed by atoms with Crippen molar-refractivity contribution in [3.63, 3.8) is 0 Å². The van der Waals surface area contributed by atoms with Crippen LogP contribution in [0.2, 0.25) is 0 Å². The van der Waals surface area contributed by atoms with Crippen molar-refractivity contribution in [1.82, 2.24) is 9.55 Å². The van der Waals surface area contributed by atoms with Crippen LogP contribution in [0.1, 0.15) is 0 Å². The first-order chi connectivity index (χ1) is 25.3. The summed E-state index contributed by atoms with van der Waals surface area (Å²) < 4.78 is 8.43.